The fourth-order valence-corrected chi connectivity index (χ4v) is 2.05. The average molecular weight is 280 g/mol. The molecule has 3 rings (SSSR count). The van der Waals surface area contributed by atoms with Crippen molar-refractivity contribution in [3.63, 3.8) is 0 Å². The second-order valence-corrected chi connectivity index (χ2v) is 4.45. The van der Waals surface area contributed by atoms with Crippen LogP contribution in [0.1, 0.15) is 11.6 Å². The van der Waals surface area contributed by atoms with Crippen LogP contribution in [-0.4, -0.2) is 31.3 Å². The Morgan fingerprint density at radius 3 is 2.24 bits per heavy atom. The molecule has 0 fully saturated rings. The third kappa shape index (κ3) is 2.64. The first-order valence-electron chi connectivity index (χ1n) is 6.38. The van der Waals surface area contributed by atoms with E-state index in [0.29, 0.717) is 11.4 Å². The number of tetrazole rings is 1. The first kappa shape index (κ1) is 13.0. The lowest BCUT2D eigenvalue weighted by Gasteiger charge is -2.10. The number of nitrogens with zero attached hydrogens (tertiary/aromatic N) is 4. The number of carbonyl (C=O) groups is 1. The molecule has 0 bridgehead atoms. The van der Waals surface area contributed by atoms with Gasteiger partial charge >= 0.3 is 5.97 Å². The summed E-state index contributed by atoms with van der Waals surface area (Å²) in [5.41, 5.74) is 1.39. The van der Waals surface area contributed by atoms with E-state index in [0.717, 1.165) is 10.4 Å². The van der Waals surface area contributed by atoms with Crippen molar-refractivity contribution in [1.82, 2.24) is 20.2 Å². The summed E-state index contributed by atoms with van der Waals surface area (Å²) < 4.78 is 0. The topological polar surface area (TPSA) is 80.9 Å². The van der Waals surface area contributed by atoms with Gasteiger partial charge in [0.25, 0.3) is 0 Å². The Labute approximate surface area is 120 Å². The number of benzene rings is 2. The molecule has 0 saturated heterocycles. The summed E-state index contributed by atoms with van der Waals surface area (Å²) in [5, 5.41) is 21.4. The third-order valence-corrected chi connectivity index (χ3v) is 3.04. The molecule has 2 aromatic carbocycles. The number of hydrogen-bond donors (Lipinski definition) is 1. The highest BCUT2D eigenvalue weighted by molar-refractivity contribution is 5.75. The molecule has 1 N–H and O–H groups in total. The first-order chi connectivity index (χ1) is 10.3. The van der Waals surface area contributed by atoms with Crippen molar-refractivity contribution in [1.29, 1.82) is 0 Å². The molecule has 1 atom stereocenters. The van der Waals surface area contributed by atoms with Crippen LogP contribution in [0.25, 0.3) is 11.4 Å². The summed E-state index contributed by atoms with van der Waals surface area (Å²) in [6.45, 7) is 0. The standard InChI is InChI=1S/C15H12N4O2/c20-15(21)13(11-7-3-1-4-8-11)19-17-14(16-18-19)12-9-5-2-6-10-12/h1-10,13H,(H,20,21). The molecule has 0 aliphatic rings. The second kappa shape index (κ2) is 5.54. The van der Waals surface area contributed by atoms with Gasteiger partial charge in [-0.05, 0) is 10.8 Å². The Hall–Kier alpha value is -3.02. The summed E-state index contributed by atoms with van der Waals surface area (Å²) in [6.07, 6.45) is 0. The van der Waals surface area contributed by atoms with E-state index < -0.39 is 12.0 Å². The van der Waals surface area contributed by atoms with Gasteiger partial charge in [-0.25, -0.2) is 4.79 Å². The van der Waals surface area contributed by atoms with Crippen LogP contribution in [0.2, 0.25) is 0 Å². The lowest BCUT2D eigenvalue weighted by Crippen LogP contribution is -2.22. The van der Waals surface area contributed by atoms with E-state index in [2.05, 4.69) is 15.4 Å². The molecular weight excluding hydrogens is 268 g/mol. The van der Waals surface area contributed by atoms with Gasteiger partial charge in [0.05, 0.1) is 0 Å². The Morgan fingerprint density at radius 2 is 1.62 bits per heavy atom. The molecule has 0 saturated carbocycles. The molecule has 0 aliphatic heterocycles. The van der Waals surface area contributed by atoms with Crippen LogP contribution < -0.4 is 0 Å². The molecular formula is C15H12N4O2. The average Bonchev–Trinajstić information content (AvgIpc) is 2.98. The van der Waals surface area contributed by atoms with Crippen molar-refractivity contribution < 1.29 is 9.90 Å². The van der Waals surface area contributed by atoms with Gasteiger partial charge in [0.15, 0.2) is 6.04 Å². The minimum absolute atomic E-state index is 0.401. The maximum atomic E-state index is 11.5. The number of hydrogen-bond acceptors (Lipinski definition) is 4. The van der Waals surface area contributed by atoms with E-state index in [9.17, 15) is 9.90 Å². The molecule has 3 aromatic rings. The molecule has 1 aromatic heterocycles. The quantitative estimate of drug-likeness (QED) is 0.790. The van der Waals surface area contributed by atoms with Gasteiger partial charge in [-0.1, -0.05) is 60.7 Å². The van der Waals surface area contributed by atoms with Crippen molar-refractivity contribution in [3.8, 4) is 11.4 Å². The van der Waals surface area contributed by atoms with Gasteiger partial charge in [0.1, 0.15) is 0 Å². The van der Waals surface area contributed by atoms with Gasteiger partial charge in [-0.15, -0.1) is 15.0 Å². The smallest absolute Gasteiger partial charge is 0.335 e. The van der Waals surface area contributed by atoms with Crippen LogP contribution in [0.15, 0.2) is 60.7 Å². The Bertz CT molecular complexity index is 741. The lowest BCUT2D eigenvalue weighted by molar-refractivity contribution is -0.140. The van der Waals surface area contributed by atoms with E-state index in [1.54, 1.807) is 24.3 Å². The Balaban J connectivity index is 1.99. The Morgan fingerprint density at radius 1 is 1.00 bits per heavy atom. The van der Waals surface area contributed by atoms with Gasteiger partial charge < -0.3 is 5.11 Å². The van der Waals surface area contributed by atoms with Crippen molar-refractivity contribution in [3.05, 3.63) is 66.2 Å². The van der Waals surface area contributed by atoms with E-state index in [4.69, 9.17) is 0 Å². The summed E-state index contributed by atoms with van der Waals surface area (Å²) in [6, 6.07) is 17.2. The van der Waals surface area contributed by atoms with E-state index in [-0.39, 0.29) is 0 Å². The summed E-state index contributed by atoms with van der Waals surface area (Å²) in [7, 11) is 0. The van der Waals surface area contributed by atoms with Crippen molar-refractivity contribution in [2.45, 2.75) is 6.04 Å². The molecule has 1 unspecified atom stereocenters. The number of carboxylic acid groups (broad SMARTS) is 1. The zero-order valence-corrected chi connectivity index (χ0v) is 11.0. The van der Waals surface area contributed by atoms with Crippen LogP contribution in [0.5, 0.6) is 0 Å². The largest absolute Gasteiger partial charge is 0.479 e. The SMILES string of the molecule is O=C(O)C(c1ccccc1)n1nnc(-c2ccccc2)n1. The van der Waals surface area contributed by atoms with Crippen LogP contribution in [0.4, 0.5) is 0 Å². The Kier molecular flexibility index (Phi) is 3.42. The van der Waals surface area contributed by atoms with Crippen LogP contribution in [0.3, 0.4) is 0 Å². The van der Waals surface area contributed by atoms with Crippen molar-refractivity contribution in [2.24, 2.45) is 0 Å². The molecule has 6 nitrogen and oxygen atoms in total. The van der Waals surface area contributed by atoms with Crippen LogP contribution in [-0.2, 0) is 4.79 Å². The first-order valence-corrected chi connectivity index (χ1v) is 6.38. The molecule has 104 valence electrons. The second-order valence-electron chi connectivity index (χ2n) is 4.45. The number of carboxylic acids is 1. The summed E-state index contributed by atoms with van der Waals surface area (Å²) in [5.74, 6) is -0.629. The molecule has 6 heteroatoms. The monoisotopic (exact) mass is 280 g/mol. The molecule has 0 radical (unpaired) electrons. The van der Waals surface area contributed by atoms with Crippen molar-refractivity contribution >= 4 is 5.97 Å². The molecule has 0 spiro atoms. The van der Waals surface area contributed by atoms with Gasteiger partial charge in [0, 0.05) is 5.56 Å². The normalized spacial score (nSPS) is 12.0. The molecule has 21 heavy (non-hydrogen) atoms. The number of aromatic nitrogens is 4. The van der Waals surface area contributed by atoms with Crippen molar-refractivity contribution in [2.75, 3.05) is 0 Å². The highest BCUT2D eigenvalue weighted by Crippen LogP contribution is 2.18. The molecule has 0 aliphatic carbocycles. The minimum Gasteiger partial charge on any atom is -0.479 e. The predicted molar refractivity (Wildman–Crippen MR) is 75.5 cm³/mol. The van der Waals surface area contributed by atoms with Crippen LogP contribution in [0, 0.1) is 0 Å². The van der Waals surface area contributed by atoms with Crippen LogP contribution >= 0.6 is 0 Å². The highest BCUT2D eigenvalue weighted by Gasteiger charge is 2.24. The number of aliphatic carboxylic acids is 1. The number of rotatable bonds is 4. The zero-order valence-electron chi connectivity index (χ0n) is 11.0. The third-order valence-electron chi connectivity index (χ3n) is 3.04. The molecule has 0 amide bonds. The minimum atomic E-state index is -1.03. The van der Waals surface area contributed by atoms with Gasteiger partial charge in [-0.2, -0.15) is 0 Å². The fraction of sp³-hybridized carbons (Fsp3) is 0.0667. The predicted octanol–water partition coefficient (Wildman–Crippen LogP) is 2.01. The molecule has 1 heterocycles. The fourth-order valence-electron chi connectivity index (χ4n) is 2.05. The summed E-state index contributed by atoms with van der Waals surface area (Å²) in [4.78, 5) is 12.6. The maximum absolute atomic E-state index is 11.5. The maximum Gasteiger partial charge on any atom is 0.335 e. The zero-order chi connectivity index (χ0) is 14.7. The van der Waals surface area contributed by atoms with E-state index in [1.165, 1.54) is 0 Å². The van der Waals surface area contributed by atoms with Gasteiger partial charge in [0.2, 0.25) is 5.82 Å². The van der Waals surface area contributed by atoms with E-state index >= 15 is 0 Å². The summed E-state index contributed by atoms with van der Waals surface area (Å²) >= 11 is 0. The van der Waals surface area contributed by atoms with Gasteiger partial charge in [-0.3, -0.25) is 0 Å². The van der Waals surface area contributed by atoms with E-state index in [1.807, 2.05) is 36.4 Å². The highest BCUT2D eigenvalue weighted by atomic mass is 16.4. The lowest BCUT2D eigenvalue weighted by atomic mass is 10.1.